The Bertz CT molecular complexity index is 661. The lowest BCUT2D eigenvalue weighted by Crippen LogP contribution is -2.38. The molecule has 7 heteroatoms. The molecule has 21 heavy (non-hydrogen) atoms. The van der Waals surface area contributed by atoms with Crippen molar-refractivity contribution in [3.63, 3.8) is 0 Å². The second kappa shape index (κ2) is 4.98. The Hall–Kier alpha value is -2.18. The summed E-state index contributed by atoms with van der Waals surface area (Å²) >= 11 is 0. The standard InChI is InChI=1S/C14H19N5O2/c1-14(2,3)21-13(20)18-6-4-5-11(18)19-12-10(8-17-19)7-15-9-16-12/h7-9,11H,4-6H2,1-3H3. The van der Waals surface area contributed by atoms with Crippen molar-refractivity contribution < 1.29 is 9.53 Å². The number of amides is 1. The predicted octanol–water partition coefficient (Wildman–Crippen LogP) is 2.36. The third-order valence-electron chi connectivity index (χ3n) is 3.39. The van der Waals surface area contributed by atoms with E-state index in [2.05, 4.69) is 15.1 Å². The van der Waals surface area contributed by atoms with E-state index in [4.69, 9.17) is 4.74 Å². The maximum absolute atomic E-state index is 12.3. The number of aromatic nitrogens is 4. The molecule has 2 aromatic heterocycles. The normalized spacial score (nSPS) is 19.2. The van der Waals surface area contributed by atoms with E-state index in [-0.39, 0.29) is 12.3 Å². The van der Waals surface area contributed by atoms with Crippen LogP contribution < -0.4 is 0 Å². The molecule has 3 heterocycles. The summed E-state index contributed by atoms with van der Waals surface area (Å²) in [4.78, 5) is 22.3. The minimum Gasteiger partial charge on any atom is -0.444 e. The number of hydrogen-bond acceptors (Lipinski definition) is 5. The Balaban J connectivity index is 1.89. The highest BCUT2D eigenvalue weighted by atomic mass is 16.6. The van der Waals surface area contributed by atoms with Crippen LogP contribution in [0.4, 0.5) is 4.79 Å². The summed E-state index contributed by atoms with van der Waals surface area (Å²) in [5.74, 6) is 0. The summed E-state index contributed by atoms with van der Waals surface area (Å²) in [7, 11) is 0. The largest absolute Gasteiger partial charge is 0.444 e. The highest BCUT2D eigenvalue weighted by Gasteiger charge is 2.34. The van der Waals surface area contributed by atoms with Gasteiger partial charge in [-0.1, -0.05) is 0 Å². The van der Waals surface area contributed by atoms with Crippen LogP contribution in [0.25, 0.3) is 11.0 Å². The van der Waals surface area contributed by atoms with Crippen molar-refractivity contribution >= 4 is 17.1 Å². The van der Waals surface area contributed by atoms with Gasteiger partial charge in [-0.25, -0.2) is 19.4 Å². The van der Waals surface area contributed by atoms with Crippen molar-refractivity contribution in [1.82, 2.24) is 24.6 Å². The van der Waals surface area contributed by atoms with Gasteiger partial charge >= 0.3 is 6.09 Å². The van der Waals surface area contributed by atoms with Gasteiger partial charge in [0.2, 0.25) is 0 Å². The molecular formula is C14H19N5O2. The summed E-state index contributed by atoms with van der Waals surface area (Å²) in [5, 5.41) is 5.24. The van der Waals surface area contributed by atoms with Crippen LogP contribution in [-0.2, 0) is 4.74 Å². The monoisotopic (exact) mass is 289 g/mol. The zero-order chi connectivity index (χ0) is 15.0. The molecule has 0 spiro atoms. The number of ether oxygens (including phenoxy) is 1. The van der Waals surface area contributed by atoms with Gasteiger partial charge in [0.1, 0.15) is 18.1 Å². The first-order chi connectivity index (χ1) is 9.96. The van der Waals surface area contributed by atoms with Gasteiger partial charge in [-0.3, -0.25) is 4.90 Å². The van der Waals surface area contributed by atoms with Crippen LogP contribution in [0, 0.1) is 0 Å². The Morgan fingerprint density at radius 1 is 1.38 bits per heavy atom. The Labute approximate surface area is 122 Å². The van der Waals surface area contributed by atoms with Gasteiger partial charge in [-0.2, -0.15) is 5.10 Å². The molecule has 0 aromatic carbocycles. The van der Waals surface area contributed by atoms with Crippen molar-refractivity contribution in [2.24, 2.45) is 0 Å². The van der Waals surface area contributed by atoms with E-state index >= 15 is 0 Å². The van der Waals surface area contributed by atoms with Crippen molar-refractivity contribution in [1.29, 1.82) is 0 Å². The average molecular weight is 289 g/mol. The van der Waals surface area contributed by atoms with Crippen LogP contribution in [-0.4, -0.2) is 42.9 Å². The van der Waals surface area contributed by atoms with E-state index in [1.54, 1.807) is 22.0 Å². The van der Waals surface area contributed by atoms with Gasteiger partial charge < -0.3 is 4.74 Å². The van der Waals surface area contributed by atoms with Gasteiger partial charge in [0.05, 0.1) is 11.6 Å². The molecule has 0 saturated carbocycles. The van der Waals surface area contributed by atoms with Crippen LogP contribution in [0.15, 0.2) is 18.7 Å². The lowest BCUT2D eigenvalue weighted by atomic mass is 10.2. The van der Waals surface area contributed by atoms with Crippen LogP contribution in [0.3, 0.4) is 0 Å². The number of likely N-dealkylation sites (tertiary alicyclic amines) is 1. The number of carbonyl (C=O) groups is 1. The van der Waals surface area contributed by atoms with E-state index in [9.17, 15) is 4.79 Å². The SMILES string of the molecule is CC(C)(C)OC(=O)N1CCCC1n1ncc2cncnc21. The maximum atomic E-state index is 12.3. The van der Waals surface area contributed by atoms with Crippen molar-refractivity contribution in [2.75, 3.05) is 6.54 Å². The zero-order valence-corrected chi connectivity index (χ0v) is 12.5. The van der Waals surface area contributed by atoms with Crippen LogP contribution in [0.5, 0.6) is 0 Å². The van der Waals surface area contributed by atoms with Crippen LogP contribution in [0.2, 0.25) is 0 Å². The van der Waals surface area contributed by atoms with Gasteiger partial charge in [-0.15, -0.1) is 0 Å². The minimum absolute atomic E-state index is 0.146. The molecule has 1 fully saturated rings. The minimum atomic E-state index is -0.501. The first-order valence-electron chi connectivity index (χ1n) is 7.08. The first kappa shape index (κ1) is 13.8. The fourth-order valence-electron chi connectivity index (χ4n) is 2.55. The predicted molar refractivity (Wildman–Crippen MR) is 76.5 cm³/mol. The van der Waals surface area contributed by atoms with E-state index in [1.807, 2.05) is 20.8 Å². The molecule has 0 N–H and O–H groups in total. The molecule has 1 unspecified atom stereocenters. The van der Waals surface area contributed by atoms with Crippen molar-refractivity contribution in [3.8, 4) is 0 Å². The first-order valence-corrected chi connectivity index (χ1v) is 7.08. The molecule has 1 amide bonds. The maximum Gasteiger partial charge on any atom is 0.412 e. The molecule has 1 atom stereocenters. The Kier molecular flexibility index (Phi) is 3.27. The summed E-state index contributed by atoms with van der Waals surface area (Å²) in [6.45, 7) is 6.28. The Morgan fingerprint density at radius 3 is 2.95 bits per heavy atom. The van der Waals surface area contributed by atoms with E-state index < -0.39 is 5.60 Å². The lowest BCUT2D eigenvalue weighted by Gasteiger charge is -2.28. The molecule has 0 radical (unpaired) electrons. The molecule has 0 aliphatic carbocycles. The molecule has 0 bridgehead atoms. The third-order valence-corrected chi connectivity index (χ3v) is 3.39. The fourth-order valence-corrected chi connectivity index (χ4v) is 2.55. The topological polar surface area (TPSA) is 73.1 Å². The quantitative estimate of drug-likeness (QED) is 0.805. The number of rotatable bonds is 1. The summed E-state index contributed by atoms with van der Waals surface area (Å²) in [5.41, 5.74) is 0.240. The van der Waals surface area contributed by atoms with E-state index in [1.165, 1.54) is 6.33 Å². The number of nitrogens with zero attached hydrogens (tertiary/aromatic N) is 5. The number of fused-ring (bicyclic) bond motifs is 1. The van der Waals surface area contributed by atoms with Gasteiger partial charge in [0, 0.05) is 12.7 Å². The van der Waals surface area contributed by atoms with Gasteiger partial charge in [-0.05, 0) is 33.6 Å². The highest BCUT2D eigenvalue weighted by Crippen LogP contribution is 2.30. The van der Waals surface area contributed by atoms with Crippen molar-refractivity contribution in [3.05, 3.63) is 18.7 Å². The molecule has 2 aromatic rings. The zero-order valence-electron chi connectivity index (χ0n) is 12.5. The molecule has 1 aliphatic heterocycles. The molecular weight excluding hydrogens is 270 g/mol. The van der Waals surface area contributed by atoms with E-state index in [0.717, 1.165) is 23.9 Å². The van der Waals surface area contributed by atoms with Gasteiger partial charge in [0.25, 0.3) is 0 Å². The second-order valence-corrected chi connectivity index (χ2v) is 6.19. The molecule has 112 valence electrons. The average Bonchev–Trinajstić information content (AvgIpc) is 3.02. The molecule has 1 aliphatic rings. The molecule has 1 saturated heterocycles. The van der Waals surface area contributed by atoms with Crippen molar-refractivity contribution in [2.45, 2.75) is 45.4 Å². The highest BCUT2D eigenvalue weighted by molar-refractivity contribution is 5.73. The second-order valence-electron chi connectivity index (χ2n) is 6.19. The fraction of sp³-hybridized carbons (Fsp3) is 0.571. The molecule has 7 nitrogen and oxygen atoms in total. The van der Waals surface area contributed by atoms with Gasteiger partial charge in [0.15, 0.2) is 5.65 Å². The number of carbonyl (C=O) groups excluding carboxylic acids is 1. The lowest BCUT2D eigenvalue weighted by molar-refractivity contribution is 0.0154. The molecule has 3 rings (SSSR count). The number of hydrogen-bond donors (Lipinski definition) is 0. The summed E-state index contributed by atoms with van der Waals surface area (Å²) in [6, 6.07) is 0. The van der Waals surface area contributed by atoms with Crippen LogP contribution in [0.1, 0.15) is 39.8 Å². The summed E-state index contributed by atoms with van der Waals surface area (Å²) < 4.78 is 7.26. The van der Waals surface area contributed by atoms with E-state index in [0.29, 0.717) is 6.54 Å². The smallest absolute Gasteiger partial charge is 0.412 e. The Morgan fingerprint density at radius 2 is 2.19 bits per heavy atom. The van der Waals surface area contributed by atoms with Crippen LogP contribution >= 0.6 is 0 Å². The third kappa shape index (κ3) is 2.68. The summed E-state index contributed by atoms with van der Waals surface area (Å²) in [6.07, 6.45) is 6.26.